The Balaban J connectivity index is 2.03. The van der Waals surface area contributed by atoms with Gasteiger partial charge in [0.1, 0.15) is 11.3 Å². The number of aryl methyl sites for hydroxylation is 1. The average Bonchev–Trinajstić information content (AvgIpc) is 3.25. The van der Waals surface area contributed by atoms with Crippen molar-refractivity contribution < 1.29 is 31.1 Å². The lowest BCUT2D eigenvalue weighted by molar-refractivity contribution is -0.0429. The van der Waals surface area contributed by atoms with Crippen LogP contribution in [0.1, 0.15) is 69.7 Å². The molecule has 2 aromatic rings. The molecule has 210 valence electrons. The third-order valence-electron chi connectivity index (χ3n) is 5.51. The standard InChI is InChI=1S/C23H31F3N6O4S2/c1-7-15-9-8-14-10-16(27-29-21-30-28-19(37-21)20(33)36-22(4,5)6)17(31-38(34,35)23(24,25)26)11-18(14)32(15)12-13(2)3/h10-11,13,15,31H,7-9,12H2,1-6H3. The summed E-state index contributed by atoms with van der Waals surface area (Å²) in [6, 6.07) is 3.07. The number of hydrogen-bond acceptors (Lipinski definition) is 10. The first-order valence-corrected chi connectivity index (χ1v) is 14.3. The lowest BCUT2D eigenvalue weighted by atomic mass is 9.92. The fraction of sp³-hybridized carbons (Fsp3) is 0.609. The van der Waals surface area contributed by atoms with Crippen molar-refractivity contribution in [2.24, 2.45) is 16.1 Å². The van der Waals surface area contributed by atoms with Gasteiger partial charge < -0.3 is 9.64 Å². The van der Waals surface area contributed by atoms with E-state index in [4.69, 9.17) is 4.74 Å². The summed E-state index contributed by atoms with van der Waals surface area (Å²) >= 11 is 0.779. The lowest BCUT2D eigenvalue weighted by Crippen LogP contribution is -2.41. The summed E-state index contributed by atoms with van der Waals surface area (Å²) in [6.45, 7) is 11.8. The molecule has 1 aliphatic rings. The lowest BCUT2D eigenvalue weighted by Gasteiger charge is -2.40. The minimum atomic E-state index is -5.72. The van der Waals surface area contributed by atoms with E-state index in [0.717, 1.165) is 29.7 Å². The molecule has 1 unspecified atom stereocenters. The molecule has 15 heteroatoms. The largest absolute Gasteiger partial charge is 0.516 e. The summed E-state index contributed by atoms with van der Waals surface area (Å²) in [6.07, 6.45) is 2.29. The number of aromatic nitrogens is 2. The Morgan fingerprint density at radius 1 is 1.24 bits per heavy atom. The summed E-state index contributed by atoms with van der Waals surface area (Å²) in [5, 5.41) is 15.3. The first-order chi connectivity index (χ1) is 17.5. The van der Waals surface area contributed by atoms with Crippen molar-refractivity contribution in [3.05, 3.63) is 22.7 Å². The van der Waals surface area contributed by atoms with Gasteiger partial charge in [-0.15, -0.1) is 20.4 Å². The zero-order chi connectivity index (χ0) is 28.5. The van der Waals surface area contributed by atoms with Crippen LogP contribution in [0.3, 0.4) is 0 Å². The van der Waals surface area contributed by atoms with Gasteiger partial charge >= 0.3 is 21.5 Å². The number of hydrogen-bond donors (Lipinski definition) is 1. The topological polar surface area (TPSA) is 126 Å². The number of nitrogens with zero attached hydrogens (tertiary/aromatic N) is 5. The molecule has 2 heterocycles. The second-order valence-electron chi connectivity index (χ2n) is 10.3. The molecule has 0 bridgehead atoms. The molecule has 1 atom stereocenters. The fourth-order valence-electron chi connectivity index (χ4n) is 3.95. The van der Waals surface area contributed by atoms with E-state index in [-0.39, 0.29) is 33.5 Å². The Kier molecular flexibility index (Phi) is 8.71. The number of alkyl halides is 3. The molecule has 1 aliphatic heterocycles. The Hall–Kier alpha value is -2.81. The number of rotatable bonds is 8. The Bertz CT molecular complexity index is 1300. The molecule has 0 fully saturated rings. The first kappa shape index (κ1) is 29.7. The smallest absolute Gasteiger partial charge is 0.455 e. The van der Waals surface area contributed by atoms with Crippen LogP contribution in [-0.4, -0.2) is 48.3 Å². The minimum Gasteiger partial charge on any atom is -0.455 e. The highest BCUT2D eigenvalue weighted by Crippen LogP contribution is 2.41. The van der Waals surface area contributed by atoms with Gasteiger partial charge in [0.2, 0.25) is 5.01 Å². The van der Waals surface area contributed by atoms with E-state index in [1.807, 2.05) is 20.8 Å². The Labute approximate surface area is 223 Å². The zero-order valence-corrected chi connectivity index (χ0v) is 23.6. The number of carbonyl (C=O) groups is 1. The van der Waals surface area contributed by atoms with Crippen molar-refractivity contribution in [1.29, 1.82) is 0 Å². The predicted molar refractivity (Wildman–Crippen MR) is 139 cm³/mol. The van der Waals surface area contributed by atoms with E-state index in [0.29, 0.717) is 18.7 Å². The second-order valence-corrected chi connectivity index (χ2v) is 12.9. The zero-order valence-electron chi connectivity index (χ0n) is 22.0. The van der Waals surface area contributed by atoms with E-state index < -0.39 is 27.1 Å². The van der Waals surface area contributed by atoms with Gasteiger partial charge in [-0.2, -0.15) is 21.6 Å². The summed E-state index contributed by atoms with van der Waals surface area (Å²) in [7, 11) is -5.72. The molecule has 0 aliphatic carbocycles. The van der Waals surface area contributed by atoms with Gasteiger partial charge in [-0.1, -0.05) is 32.1 Å². The van der Waals surface area contributed by atoms with Crippen LogP contribution in [0.4, 0.5) is 35.4 Å². The van der Waals surface area contributed by atoms with Crippen molar-refractivity contribution in [3.63, 3.8) is 0 Å². The normalized spacial score (nSPS) is 16.7. The van der Waals surface area contributed by atoms with E-state index in [9.17, 15) is 26.4 Å². The highest BCUT2D eigenvalue weighted by Gasteiger charge is 2.46. The van der Waals surface area contributed by atoms with Crippen LogP contribution < -0.4 is 9.62 Å². The van der Waals surface area contributed by atoms with Gasteiger partial charge in [0.05, 0.1) is 5.69 Å². The number of carbonyl (C=O) groups excluding carboxylic acids is 1. The summed E-state index contributed by atoms with van der Waals surface area (Å²) in [5.74, 6) is -0.444. The molecule has 38 heavy (non-hydrogen) atoms. The molecule has 3 rings (SSSR count). The van der Waals surface area contributed by atoms with E-state index in [1.165, 1.54) is 12.1 Å². The minimum absolute atomic E-state index is 0.0549. The van der Waals surface area contributed by atoms with Crippen molar-refractivity contribution in [1.82, 2.24) is 10.2 Å². The molecule has 10 nitrogen and oxygen atoms in total. The van der Waals surface area contributed by atoms with Gasteiger partial charge in [-0.25, -0.2) is 4.79 Å². The van der Waals surface area contributed by atoms with Crippen LogP contribution >= 0.6 is 11.3 Å². The number of esters is 1. The number of azo groups is 1. The molecular formula is C23H31F3N6O4S2. The Morgan fingerprint density at radius 2 is 1.92 bits per heavy atom. The van der Waals surface area contributed by atoms with Gasteiger partial charge in [-0.05, 0) is 63.6 Å². The molecule has 0 saturated carbocycles. The van der Waals surface area contributed by atoms with Gasteiger partial charge in [-0.3, -0.25) is 4.72 Å². The van der Waals surface area contributed by atoms with Crippen molar-refractivity contribution in [2.75, 3.05) is 16.2 Å². The highest BCUT2D eigenvalue weighted by atomic mass is 32.2. The molecule has 0 radical (unpaired) electrons. The van der Waals surface area contributed by atoms with Crippen LogP contribution in [0.15, 0.2) is 22.4 Å². The Morgan fingerprint density at radius 3 is 2.50 bits per heavy atom. The van der Waals surface area contributed by atoms with Crippen molar-refractivity contribution in [3.8, 4) is 0 Å². The molecular weight excluding hydrogens is 545 g/mol. The molecule has 1 aromatic carbocycles. The molecule has 0 spiro atoms. The molecule has 1 aromatic heterocycles. The number of ether oxygens (including phenoxy) is 1. The van der Waals surface area contributed by atoms with Gasteiger partial charge in [0.15, 0.2) is 0 Å². The summed E-state index contributed by atoms with van der Waals surface area (Å²) < 4.78 is 70.5. The number of benzene rings is 1. The van der Waals surface area contributed by atoms with Crippen LogP contribution in [0.2, 0.25) is 0 Å². The maximum atomic E-state index is 13.2. The van der Waals surface area contributed by atoms with Crippen LogP contribution in [0, 0.1) is 5.92 Å². The first-order valence-electron chi connectivity index (χ1n) is 12.0. The maximum absolute atomic E-state index is 13.2. The summed E-state index contributed by atoms with van der Waals surface area (Å²) in [4.78, 5) is 14.3. The average molecular weight is 577 g/mol. The van der Waals surface area contributed by atoms with Gasteiger partial charge in [0, 0.05) is 18.3 Å². The SMILES string of the molecule is CCC1CCc2cc(N=Nc3nnc(C(=O)OC(C)(C)C)s3)c(NS(=O)(=O)C(F)(F)F)cc2N1CC(C)C. The predicted octanol–water partition coefficient (Wildman–Crippen LogP) is 6.36. The summed E-state index contributed by atoms with van der Waals surface area (Å²) in [5.41, 5.74) is -5.30. The number of sulfonamides is 1. The maximum Gasteiger partial charge on any atom is 0.516 e. The third-order valence-corrected chi connectivity index (χ3v) is 7.39. The molecule has 0 amide bonds. The highest BCUT2D eigenvalue weighted by molar-refractivity contribution is 7.93. The van der Waals surface area contributed by atoms with Crippen molar-refractivity contribution >= 4 is 49.5 Å². The van der Waals surface area contributed by atoms with Crippen molar-refractivity contribution in [2.45, 2.75) is 78.0 Å². The second kappa shape index (κ2) is 11.1. The van der Waals surface area contributed by atoms with Crippen LogP contribution in [0.5, 0.6) is 0 Å². The van der Waals surface area contributed by atoms with E-state index >= 15 is 0 Å². The number of halogens is 3. The van der Waals surface area contributed by atoms with E-state index in [1.54, 1.807) is 25.5 Å². The van der Waals surface area contributed by atoms with E-state index in [2.05, 4.69) is 25.3 Å². The van der Waals surface area contributed by atoms with Crippen LogP contribution in [-0.2, 0) is 21.2 Å². The number of anilines is 2. The third kappa shape index (κ3) is 7.18. The molecule has 0 saturated heterocycles. The van der Waals surface area contributed by atoms with Crippen LogP contribution in [0.25, 0.3) is 0 Å². The van der Waals surface area contributed by atoms with Gasteiger partial charge in [0.25, 0.3) is 5.13 Å². The molecule has 1 N–H and O–H groups in total. The monoisotopic (exact) mass is 576 g/mol. The number of fused-ring (bicyclic) bond motifs is 1. The quantitative estimate of drug-likeness (QED) is 0.286. The fourth-order valence-corrected chi connectivity index (χ4v) is 5.06. The number of nitrogens with one attached hydrogen (secondary N) is 1.